The number of nitrogens with zero attached hydrogens (tertiary/aromatic N) is 4. The molecule has 0 bridgehead atoms. The Morgan fingerprint density at radius 2 is 2.13 bits per heavy atom. The number of fused-ring (bicyclic) bond motifs is 1. The van der Waals surface area contributed by atoms with Gasteiger partial charge < -0.3 is 14.5 Å². The van der Waals surface area contributed by atoms with Crippen LogP contribution in [0.15, 0.2) is 41.5 Å². The van der Waals surface area contributed by atoms with Crippen LogP contribution in [-0.2, 0) is 11.3 Å². The Kier molecular flexibility index (Phi) is 4.99. The Balaban J connectivity index is 1.26. The Morgan fingerprint density at radius 1 is 1.30 bits per heavy atom. The van der Waals surface area contributed by atoms with E-state index in [1.165, 1.54) is 0 Å². The van der Waals surface area contributed by atoms with E-state index in [0.29, 0.717) is 29.3 Å². The van der Waals surface area contributed by atoms with Gasteiger partial charge in [-0.3, -0.25) is 14.1 Å². The molecule has 0 unspecified atom stereocenters. The Hall–Kier alpha value is -3.15. The topological polar surface area (TPSA) is 95.7 Å². The third-order valence-corrected chi connectivity index (χ3v) is 5.79. The van der Waals surface area contributed by atoms with Crippen molar-refractivity contribution in [2.45, 2.75) is 31.4 Å². The van der Waals surface area contributed by atoms with Crippen molar-refractivity contribution in [1.82, 2.24) is 19.3 Å². The van der Waals surface area contributed by atoms with E-state index in [1.807, 2.05) is 22.7 Å². The van der Waals surface area contributed by atoms with Gasteiger partial charge in [0.15, 0.2) is 0 Å². The molecule has 0 saturated carbocycles. The number of rotatable bonds is 5. The van der Waals surface area contributed by atoms with Crippen molar-refractivity contribution in [3.8, 4) is 11.8 Å². The highest BCUT2D eigenvalue weighted by Gasteiger charge is 2.29. The number of aromatic nitrogens is 3. The summed E-state index contributed by atoms with van der Waals surface area (Å²) < 4.78 is 13.4. The van der Waals surface area contributed by atoms with Crippen molar-refractivity contribution in [3.05, 3.63) is 64.1 Å². The third kappa shape index (κ3) is 3.70. The van der Waals surface area contributed by atoms with Gasteiger partial charge in [0.1, 0.15) is 23.2 Å². The molecule has 154 valence electrons. The zero-order chi connectivity index (χ0) is 20.5. The van der Waals surface area contributed by atoms with E-state index < -0.39 is 0 Å². The molecule has 1 N–H and O–H groups in total. The van der Waals surface area contributed by atoms with Crippen molar-refractivity contribution in [3.63, 3.8) is 0 Å². The molecule has 1 aromatic carbocycles. The summed E-state index contributed by atoms with van der Waals surface area (Å²) in [5.41, 5.74) is 1.93. The molecule has 0 atom stereocenters. The van der Waals surface area contributed by atoms with Crippen LogP contribution in [-0.4, -0.2) is 51.7 Å². The molecule has 8 nitrogen and oxygen atoms in total. The number of benzene rings is 1. The number of likely N-dealkylation sites (tertiary alicyclic amines) is 1. The quantitative estimate of drug-likeness (QED) is 0.698. The van der Waals surface area contributed by atoms with Crippen molar-refractivity contribution in [2.24, 2.45) is 0 Å². The van der Waals surface area contributed by atoms with Gasteiger partial charge in [0, 0.05) is 50.7 Å². The molecule has 8 heteroatoms. The van der Waals surface area contributed by atoms with Gasteiger partial charge >= 0.3 is 0 Å². The van der Waals surface area contributed by atoms with Crippen molar-refractivity contribution in [1.29, 1.82) is 5.26 Å². The summed E-state index contributed by atoms with van der Waals surface area (Å²) in [6.45, 7) is 3.67. The van der Waals surface area contributed by atoms with Crippen LogP contribution in [0, 0.1) is 11.3 Å². The van der Waals surface area contributed by atoms with E-state index in [2.05, 4.69) is 20.9 Å². The standard InChI is InChI=1S/C22H23N5O3/c23-9-15-2-1-3-18(8-15)30-19-13-26(14-19)11-17-12-27-20(22(28)25-17)10-24-21(27)16-4-6-29-7-5-16/h1-3,8,10,12,16,19H,4-7,11,13-14H2,(H,25,28). The number of imidazole rings is 1. The first-order valence-corrected chi connectivity index (χ1v) is 10.3. The minimum absolute atomic E-state index is 0.0837. The molecule has 30 heavy (non-hydrogen) atoms. The maximum Gasteiger partial charge on any atom is 0.274 e. The number of ether oxygens (including phenoxy) is 2. The SMILES string of the molecule is N#Cc1cccc(OC2CN(Cc3cn4c(C5CCOCC5)ncc4c(=O)[nH]3)C2)c1. The van der Waals surface area contributed by atoms with Crippen LogP contribution in [0.2, 0.25) is 0 Å². The molecule has 3 aromatic rings. The Bertz CT molecular complexity index is 1150. The number of hydrogen-bond acceptors (Lipinski definition) is 6. The second-order valence-electron chi connectivity index (χ2n) is 7.94. The molecular weight excluding hydrogens is 382 g/mol. The summed E-state index contributed by atoms with van der Waals surface area (Å²) in [4.78, 5) is 22.3. The highest BCUT2D eigenvalue weighted by atomic mass is 16.5. The monoisotopic (exact) mass is 405 g/mol. The zero-order valence-corrected chi connectivity index (χ0v) is 16.6. The van der Waals surface area contributed by atoms with E-state index in [1.54, 1.807) is 18.3 Å². The lowest BCUT2D eigenvalue weighted by Gasteiger charge is -2.38. The number of aromatic amines is 1. The van der Waals surface area contributed by atoms with Gasteiger partial charge in [-0.15, -0.1) is 0 Å². The molecule has 2 fully saturated rings. The largest absolute Gasteiger partial charge is 0.488 e. The molecule has 2 aliphatic rings. The van der Waals surface area contributed by atoms with Crippen LogP contribution in [0.25, 0.3) is 5.52 Å². The Morgan fingerprint density at radius 3 is 2.93 bits per heavy atom. The summed E-state index contributed by atoms with van der Waals surface area (Å²) in [6.07, 6.45) is 5.61. The van der Waals surface area contributed by atoms with E-state index in [9.17, 15) is 4.79 Å². The highest BCUT2D eigenvalue weighted by molar-refractivity contribution is 5.44. The molecule has 2 aliphatic heterocycles. The average Bonchev–Trinajstić information content (AvgIpc) is 3.17. The lowest BCUT2D eigenvalue weighted by molar-refractivity contribution is 0.0137. The van der Waals surface area contributed by atoms with Gasteiger partial charge in [0.05, 0.1) is 17.8 Å². The maximum absolute atomic E-state index is 12.5. The smallest absolute Gasteiger partial charge is 0.274 e. The minimum Gasteiger partial charge on any atom is -0.488 e. The summed E-state index contributed by atoms with van der Waals surface area (Å²) in [5.74, 6) is 1.98. The Labute approximate surface area is 173 Å². The molecule has 0 radical (unpaired) electrons. The molecule has 5 rings (SSSR count). The van der Waals surface area contributed by atoms with E-state index in [-0.39, 0.29) is 11.7 Å². The molecule has 2 aromatic heterocycles. The van der Waals surface area contributed by atoms with E-state index in [0.717, 1.165) is 50.7 Å². The molecule has 0 aliphatic carbocycles. The van der Waals surface area contributed by atoms with Gasteiger partial charge in [0.25, 0.3) is 5.56 Å². The fraction of sp³-hybridized carbons (Fsp3) is 0.409. The third-order valence-electron chi connectivity index (χ3n) is 5.79. The van der Waals surface area contributed by atoms with Crippen LogP contribution in [0.1, 0.15) is 35.8 Å². The first-order valence-electron chi connectivity index (χ1n) is 10.3. The van der Waals surface area contributed by atoms with Crippen LogP contribution in [0.5, 0.6) is 5.75 Å². The first kappa shape index (κ1) is 18.9. The second-order valence-corrected chi connectivity index (χ2v) is 7.94. The summed E-state index contributed by atoms with van der Waals surface area (Å²) in [7, 11) is 0. The number of hydrogen-bond donors (Lipinski definition) is 1. The predicted octanol–water partition coefficient (Wildman–Crippen LogP) is 2.05. The molecule has 4 heterocycles. The van der Waals surface area contributed by atoms with Crippen LogP contribution < -0.4 is 10.3 Å². The molecular formula is C22H23N5O3. The van der Waals surface area contributed by atoms with E-state index in [4.69, 9.17) is 14.7 Å². The second kappa shape index (κ2) is 7.94. The summed E-state index contributed by atoms with van der Waals surface area (Å²) in [5, 5.41) is 9.00. The van der Waals surface area contributed by atoms with Crippen molar-refractivity contribution in [2.75, 3.05) is 26.3 Å². The average molecular weight is 405 g/mol. The number of nitriles is 1. The summed E-state index contributed by atoms with van der Waals surface area (Å²) >= 11 is 0. The number of H-pyrrole nitrogens is 1. The fourth-order valence-corrected chi connectivity index (χ4v) is 4.21. The van der Waals surface area contributed by atoms with Crippen molar-refractivity contribution >= 4 is 5.52 Å². The minimum atomic E-state index is -0.111. The zero-order valence-electron chi connectivity index (χ0n) is 16.6. The lowest BCUT2D eigenvalue weighted by Crippen LogP contribution is -2.53. The van der Waals surface area contributed by atoms with Crippen LogP contribution in [0.3, 0.4) is 0 Å². The molecule has 0 spiro atoms. The lowest BCUT2D eigenvalue weighted by atomic mass is 10.00. The van der Waals surface area contributed by atoms with Crippen LogP contribution >= 0.6 is 0 Å². The van der Waals surface area contributed by atoms with Gasteiger partial charge in [-0.05, 0) is 31.0 Å². The van der Waals surface area contributed by atoms with Gasteiger partial charge in [-0.1, -0.05) is 6.07 Å². The van der Waals surface area contributed by atoms with Crippen LogP contribution in [0.4, 0.5) is 0 Å². The molecule has 2 saturated heterocycles. The van der Waals surface area contributed by atoms with Gasteiger partial charge in [-0.25, -0.2) is 4.98 Å². The molecule has 0 amide bonds. The van der Waals surface area contributed by atoms with E-state index >= 15 is 0 Å². The number of nitrogens with one attached hydrogen (secondary N) is 1. The predicted molar refractivity (Wildman–Crippen MR) is 109 cm³/mol. The summed E-state index contributed by atoms with van der Waals surface area (Å²) in [6, 6.07) is 9.33. The van der Waals surface area contributed by atoms with Crippen molar-refractivity contribution < 1.29 is 9.47 Å². The highest BCUT2D eigenvalue weighted by Crippen LogP contribution is 2.26. The maximum atomic E-state index is 12.5. The normalized spacial score (nSPS) is 18.2. The first-order chi connectivity index (χ1) is 14.7. The van der Waals surface area contributed by atoms with Gasteiger partial charge in [0.2, 0.25) is 0 Å². The van der Waals surface area contributed by atoms with Gasteiger partial charge in [-0.2, -0.15) is 5.26 Å². The fourth-order valence-electron chi connectivity index (χ4n) is 4.21.